The van der Waals surface area contributed by atoms with Crippen molar-refractivity contribution in [3.63, 3.8) is 0 Å². The predicted octanol–water partition coefficient (Wildman–Crippen LogP) is 16.2. The van der Waals surface area contributed by atoms with Crippen molar-refractivity contribution in [2.45, 2.75) is 46.2 Å². The molecule has 8 aromatic rings. The maximum absolute atomic E-state index is 13.2. The monoisotopic (exact) mass is 1010 g/mol. The van der Waals surface area contributed by atoms with Gasteiger partial charge in [0.2, 0.25) is 0 Å². The standard InChI is InChI=1S/C24H18F3NOS.C19H22NO3PS.C9H9F3O2/c1-15-3-11-20-22(13-15)30-23(28-20)18-9-6-16(7-10-18)4-5-17-8-12-21(29-2)19(14-17)24(25,26)27;1-4-22-24(21,23-5-2)13-15-7-9-16(10-8-15)19-20-17-11-6-14(3)12-18(17)25-19;1-13-6-3-4-8(14-2)7(5-6)9(10,11)12/h3-14H,1-2H3;6-12H,4-5,13H2,1-3H3;3-5H,1-2H3/b5-4+;;. The zero-order valence-corrected chi connectivity index (χ0v) is 41.2. The van der Waals surface area contributed by atoms with E-state index >= 15 is 0 Å². The van der Waals surface area contributed by atoms with Crippen LogP contribution in [0, 0.1) is 13.8 Å². The summed E-state index contributed by atoms with van der Waals surface area (Å²) < 4.78 is 117. The minimum Gasteiger partial charge on any atom is -0.497 e. The first-order chi connectivity index (χ1) is 32.8. The van der Waals surface area contributed by atoms with E-state index in [2.05, 4.69) is 47.8 Å². The van der Waals surface area contributed by atoms with Crippen molar-refractivity contribution < 1.29 is 54.2 Å². The number of hydrogen-bond donors (Lipinski definition) is 0. The lowest BCUT2D eigenvalue weighted by Gasteiger charge is -2.17. The number of fused-ring (bicyclic) bond motifs is 2. The van der Waals surface area contributed by atoms with Gasteiger partial charge in [-0.1, -0.05) is 78.9 Å². The second-order valence-corrected chi connectivity index (χ2v) is 19.4. The van der Waals surface area contributed by atoms with Gasteiger partial charge in [0.25, 0.3) is 0 Å². The van der Waals surface area contributed by atoms with E-state index in [1.165, 1.54) is 55.4 Å². The largest absolute Gasteiger partial charge is 0.497 e. The Morgan fingerprint density at radius 3 is 1.46 bits per heavy atom. The van der Waals surface area contributed by atoms with Crippen LogP contribution in [-0.4, -0.2) is 44.5 Å². The molecule has 17 heteroatoms. The summed E-state index contributed by atoms with van der Waals surface area (Å²) in [6.45, 7) is 8.54. The van der Waals surface area contributed by atoms with Gasteiger partial charge in [-0.05, 0) is 110 Å². The maximum atomic E-state index is 13.2. The van der Waals surface area contributed by atoms with E-state index < -0.39 is 31.1 Å². The summed E-state index contributed by atoms with van der Waals surface area (Å²) in [5, 5.41) is 1.93. The summed E-state index contributed by atoms with van der Waals surface area (Å²) in [7, 11) is 0.659. The van der Waals surface area contributed by atoms with E-state index in [0.717, 1.165) is 60.1 Å². The zero-order chi connectivity index (χ0) is 49.9. The lowest BCUT2D eigenvalue weighted by molar-refractivity contribution is -0.139. The van der Waals surface area contributed by atoms with Crippen LogP contribution in [0.1, 0.15) is 52.8 Å². The van der Waals surface area contributed by atoms with Gasteiger partial charge in [0, 0.05) is 11.1 Å². The number of halogens is 6. The second kappa shape index (κ2) is 23.1. The lowest BCUT2D eigenvalue weighted by Crippen LogP contribution is -2.07. The molecule has 2 heterocycles. The fourth-order valence-electron chi connectivity index (χ4n) is 6.82. The number of hydrogen-bond acceptors (Lipinski definition) is 10. The van der Waals surface area contributed by atoms with E-state index in [-0.39, 0.29) is 23.4 Å². The van der Waals surface area contributed by atoms with Gasteiger partial charge in [-0.2, -0.15) is 26.3 Å². The first-order valence-electron chi connectivity index (χ1n) is 21.4. The summed E-state index contributed by atoms with van der Waals surface area (Å²) >= 11 is 3.32. The second-order valence-electron chi connectivity index (χ2n) is 15.3. The third kappa shape index (κ3) is 14.0. The Labute approximate surface area is 404 Å². The van der Waals surface area contributed by atoms with E-state index in [9.17, 15) is 30.9 Å². The summed E-state index contributed by atoms with van der Waals surface area (Å²) in [6, 6.07) is 35.8. The number of aryl methyl sites for hydroxylation is 2. The Balaban J connectivity index is 0.000000181. The van der Waals surface area contributed by atoms with Crippen LogP contribution in [0.5, 0.6) is 17.2 Å². The highest BCUT2D eigenvalue weighted by Crippen LogP contribution is 2.51. The third-order valence-electron chi connectivity index (χ3n) is 10.2. The van der Waals surface area contributed by atoms with Crippen molar-refractivity contribution in [3.8, 4) is 38.4 Å². The van der Waals surface area contributed by atoms with Crippen molar-refractivity contribution in [1.82, 2.24) is 9.97 Å². The average molecular weight is 1010 g/mol. The quantitative estimate of drug-likeness (QED) is 0.0641. The third-order valence-corrected chi connectivity index (χ3v) is 14.4. The molecule has 0 aliphatic rings. The number of ether oxygens (including phenoxy) is 3. The fourth-order valence-corrected chi connectivity index (χ4v) is 10.7. The van der Waals surface area contributed by atoms with Gasteiger partial charge in [0.1, 0.15) is 32.8 Å². The Morgan fingerprint density at radius 1 is 0.551 bits per heavy atom. The van der Waals surface area contributed by atoms with Crippen LogP contribution < -0.4 is 14.2 Å². The molecule has 8 rings (SSSR count). The topological polar surface area (TPSA) is 89.0 Å². The number of methoxy groups -OCH3 is 3. The molecule has 0 bridgehead atoms. The lowest BCUT2D eigenvalue weighted by atomic mass is 10.1. The summed E-state index contributed by atoms with van der Waals surface area (Å²) in [6.07, 6.45) is -5.17. The molecule has 0 atom stereocenters. The molecular formula is C52H49F6N2O6PS2. The molecule has 0 aliphatic carbocycles. The molecule has 0 aliphatic heterocycles. The highest BCUT2D eigenvalue weighted by Gasteiger charge is 2.35. The number of nitrogens with zero attached hydrogens (tertiary/aromatic N) is 2. The molecule has 0 saturated heterocycles. The van der Waals surface area contributed by atoms with Gasteiger partial charge in [0.15, 0.2) is 0 Å². The highest BCUT2D eigenvalue weighted by atomic mass is 32.1. The van der Waals surface area contributed by atoms with E-state index in [0.29, 0.717) is 18.8 Å². The van der Waals surface area contributed by atoms with Crippen LogP contribution in [0.25, 0.3) is 53.7 Å². The van der Waals surface area contributed by atoms with Gasteiger partial charge in [-0.25, -0.2) is 9.97 Å². The van der Waals surface area contributed by atoms with Crippen LogP contribution >= 0.6 is 30.3 Å². The Kier molecular flexibility index (Phi) is 17.5. The van der Waals surface area contributed by atoms with E-state index in [1.807, 2.05) is 74.5 Å². The molecule has 0 spiro atoms. The molecule has 0 unspecified atom stereocenters. The molecular weight excluding hydrogens is 958 g/mol. The minimum absolute atomic E-state index is 0.151. The molecule has 0 fully saturated rings. The van der Waals surface area contributed by atoms with E-state index in [4.69, 9.17) is 23.5 Å². The fraction of sp³-hybridized carbons (Fsp3) is 0.231. The molecule has 0 amide bonds. The molecule has 8 nitrogen and oxygen atoms in total. The summed E-state index contributed by atoms with van der Waals surface area (Å²) in [5.41, 5.74) is 7.16. The number of thiazole rings is 2. The molecule has 0 N–H and O–H groups in total. The van der Waals surface area contributed by atoms with Crippen LogP contribution in [0.15, 0.2) is 121 Å². The molecule has 0 radical (unpaired) electrons. The van der Waals surface area contributed by atoms with Crippen molar-refractivity contribution >= 4 is 62.9 Å². The van der Waals surface area contributed by atoms with Crippen LogP contribution in [0.4, 0.5) is 26.3 Å². The van der Waals surface area contributed by atoms with Crippen LogP contribution in [0.2, 0.25) is 0 Å². The highest BCUT2D eigenvalue weighted by molar-refractivity contribution is 7.53. The van der Waals surface area contributed by atoms with Crippen molar-refractivity contribution in [2.75, 3.05) is 34.5 Å². The van der Waals surface area contributed by atoms with Gasteiger partial charge >= 0.3 is 19.9 Å². The average Bonchev–Trinajstić information content (AvgIpc) is 3.95. The molecule has 69 heavy (non-hydrogen) atoms. The van der Waals surface area contributed by atoms with Crippen LogP contribution in [0.3, 0.4) is 0 Å². The molecule has 2 aromatic heterocycles. The number of benzene rings is 6. The predicted molar refractivity (Wildman–Crippen MR) is 266 cm³/mol. The molecule has 6 aromatic carbocycles. The zero-order valence-electron chi connectivity index (χ0n) is 38.7. The van der Waals surface area contributed by atoms with Gasteiger partial charge in [0.05, 0.1) is 66.7 Å². The van der Waals surface area contributed by atoms with Gasteiger partial charge in [-0.3, -0.25) is 4.57 Å². The summed E-state index contributed by atoms with van der Waals surface area (Å²) in [4.78, 5) is 9.38. The van der Waals surface area contributed by atoms with Crippen molar-refractivity contribution in [3.05, 3.63) is 160 Å². The maximum Gasteiger partial charge on any atom is 0.420 e. The Bertz CT molecular complexity index is 3050. The first kappa shape index (κ1) is 52.3. The van der Waals surface area contributed by atoms with Gasteiger partial charge in [-0.15, -0.1) is 22.7 Å². The molecule has 0 saturated carbocycles. The first-order valence-corrected chi connectivity index (χ1v) is 24.8. The SMILES string of the molecule is CCOP(=O)(Cc1ccc(-c2nc3ccc(C)cc3s2)cc1)OCC.COc1ccc(/C=C/c2ccc(-c3nc4ccc(C)cc4s3)cc2)cc1C(F)(F)F.COc1ccc(OC)c(C(F)(F)F)c1. The normalized spacial score (nSPS) is 11.8. The smallest absolute Gasteiger partial charge is 0.420 e. The number of rotatable bonds is 13. The van der Waals surface area contributed by atoms with Crippen LogP contribution in [-0.2, 0) is 32.1 Å². The van der Waals surface area contributed by atoms with Crippen molar-refractivity contribution in [1.29, 1.82) is 0 Å². The Morgan fingerprint density at radius 2 is 1.00 bits per heavy atom. The number of aromatic nitrogens is 2. The summed E-state index contributed by atoms with van der Waals surface area (Å²) in [5.74, 6) is -0.244. The van der Waals surface area contributed by atoms with Crippen molar-refractivity contribution in [2.24, 2.45) is 0 Å². The number of alkyl halides is 6. The van der Waals surface area contributed by atoms with Gasteiger partial charge < -0.3 is 23.3 Å². The minimum atomic E-state index is -4.47. The molecule has 362 valence electrons. The Hall–Kier alpha value is -6.03. The van der Waals surface area contributed by atoms with E-state index in [1.54, 1.807) is 40.9 Å².